The standard InChI is InChI=1S/C10H20O2/c1-8(2)5-6-11-7-9-10(3,4)12-9/h8-9H,5-7H2,1-4H3. The molecule has 2 heteroatoms. The van der Waals surface area contributed by atoms with Gasteiger partial charge in [0, 0.05) is 6.61 Å². The lowest BCUT2D eigenvalue weighted by atomic mass is 10.1. The van der Waals surface area contributed by atoms with Gasteiger partial charge in [0.2, 0.25) is 0 Å². The average molecular weight is 172 g/mol. The van der Waals surface area contributed by atoms with Crippen LogP contribution in [0.2, 0.25) is 0 Å². The Morgan fingerprint density at radius 2 is 2.00 bits per heavy atom. The van der Waals surface area contributed by atoms with Gasteiger partial charge in [-0.15, -0.1) is 0 Å². The Bertz CT molecular complexity index is 141. The molecular formula is C10H20O2. The summed E-state index contributed by atoms with van der Waals surface area (Å²) in [6.07, 6.45) is 1.48. The third-order valence-corrected chi connectivity index (χ3v) is 2.27. The first-order valence-corrected chi connectivity index (χ1v) is 4.78. The van der Waals surface area contributed by atoms with E-state index in [4.69, 9.17) is 9.47 Å². The lowest BCUT2D eigenvalue weighted by molar-refractivity contribution is 0.107. The first-order chi connectivity index (χ1) is 5.52. The van der Waals surface area contributed by atoms with E-state index in [1.165, 1.54) is 0 Å². The molecule has 1 aliphatic heterocycles. The predicted molar refractivity (Wildman–Crippen MR) is 49.2 cm³/mol. The predicted octanol–water partition coefficient (Wildman–Crippen LogP) is 2.23. The van der Waals surface area contributed by atoms with Gasteiger partial charge < -0.3 is 9.47 Å². The summed E-state index contributed by atoms with van der Waals surface area (Å²) < 4.78 is 10.9. The molecule has 0 aromatic heterocycles. The maximum atomic E-state index is 5.48. The zero-order valence-corrected chi connectivity index (χ0v) is 8.59. The summed E-state index contributed by atoms with van der Waals surface area (Å²) in [6, 6.07) is 0. The van der Waals surface area contributed by atoms with Crippen molar-refractivity contribution in [1.82, 2.24) is 0 Å². The summed E-state index contributed by atoms with van der Waals surface area (Å²) in [5.41, 5.74) is 0.0812. The van der Waals surface area contributed by atoms with Crippen LogP contribution in [0.1, 0.15) is 34.1 Å². The molecule has 1 atom stereocenters. The fraction of sp³-hybridized carbons (Fsp3) is 1.00. The molecule has 1 rings (SSSR count). The van der Waals surface area contributed by atoms with Crippen LogP contribution in [-0.2, 0) is 9.47 Å². The quantitative estimate of drug-likeness (QED) is 0.468. The van der Waals surface area contributed by atoms with Gasteiger partial charge in [-0.25, -0.2) is 0 Å². The molecule has 1 heterocycles. The van der Waals surface area contributed by atoms with Crippen molar-refractivity contribution in [3.8, 4) is 0 Å². The third kappa shape index (κ3) is 3.11. The van der Waals surface area contributed by atoms with E-state index in [1.54, 1.807) is 0 Å². The van der Waals surface area contributed by atoms with Crippen molar-refractivity contribution in [3.05, 3.63) is 0 Å². The first-order valence-electron chi connectivity index (χ1n) is 4.78. The highest BCUT2D eigenvalue weighted by Gasteiger charge is 2.47. The van der Waals surface area contributed by atoms with Crippen molar-refractivity contribution < 1.29 is 9.47 Å². The summed E-state index contributed by atoms with van der Waals surface area (Å²) in [4.78, 5) is 0. The summed E-state index contributed by atoms with van der Waals surface area (Å²) >= 11 is 0. The fourth-order valence-electron chi connectivity index (χ4n) is 1.08. The van der Waals surface area contributed by atoms with Gasteiger partial charge >= 0.3 is 0 Å². The van der Waals surface area contributed by atoms with E-state index < -0.39 is 0 Å². The normalized spacial score (nSPS) is 26.2. The van der Waals surface area contributed by atoms with E-state index in [1.807, 2.05) is 0 Å². The Kier molecular flexibility index (Phi) is 3.13. The topological polar surface area (TPSA) is 21.8 Å². The minimum Gasteiger partial charge on any atom is -0.379 e. The highest BCUT2D eigenvalue weighted by molar-refractivity contribution is 4.94. The van der Waals surface area contributed by atoms with Crippen LogP contribution in [0.4, 0.5) is 0 Å². The molecule has 0 bridgehead atoms. The summed E-state index contributed by atoms with van der Waals surface area (Å²) in [7, 11) is 0. The van der Waals surface area contributed by atoms with E-state index in [-0.39, 0.29) is 5.60 Å². The molecule has 12 heavy (non-hydrogen) atoms. The van der Waals surface area contributed by atoms with Gasteiger partial charge in [0.15, 0.2) is 0 Å². The van der Waals surface area contributed by atoms with Gasteiger partial charge in [0.1, 0.15) is 6.10 Å². The number of hydrogen-bond donors (Lipinski definition) is 0. The van der Waals surface area contributed by atoms with E-state index >= 15 is 0 Å². The molecule has 0 amide bonds. The second-order valence-electron chi connectivity index (χ2n) is 4.47. The number of rotatable bonds is 5. The Morgan fingerprint density at radius 3 is 2.42 bits per heavy atom. The fourth-order valence-corrected chi connectivity index (χ4v) is 1.08. The monoisotopic (exact) mass is 172 g/mol. The van der Waals surface area contributed by atoms with Crippen LogP contribution in [0, 0.1) is 5.92 Å². The molecule has 0 aliphatic carbocycles. The maximum absolute atomic E-state index is 5.48. The first kappa shape index (κ1) is 10.0. The lowest BCUT2D eigenvalue weighted by Gasteiger charge is -2.04. The molecule has 72 valence electrons. The van der Waals surface area contributed by atoms with E-state index in [0.717, 1.165) is 25.6 Å². The van der Waals surface area contributed by atoms with E-state index in [0.29, 0.717) is 6.10 Å². The van der Waals surface area contributed by atoms with Crippen molar-refractivity contribution in [1.29, 1.82) is 0 Å². The number of ether oxygens (including phenoxy) is 2. The smallest absolute Gasteiger partial charge is 0.110 e. The number of epoxide rings is 1. The second kappa shape index (κ2) is 3.75. The largest absolute Gasteiger partial charge is 0.379 e. The maximum Gasteiger partial charge on any atom is 0.110 e. The van der Waals surface area contributed by atoms with E-state index in [2.05, 4.69) is 27.7 Å². The molecule has 0 saturated carbocycles. The van der Waals surface area contributed by atoms with Gasteiger partial charge in [-0.05, 0) is 26.2 Å². The molecule has 0 aromatic rings. The zero-order valence-electron chi connectivity index (χ0n) is 8.59. The molecular weight excluding hydrogens is 152 g/mol. The van der Waals surface area contributed by atoms with Gasteiger partial charge in [0.05, 0.1) is 12.2 Å². The van der Waals surface area contributed by atoms with Gasteiger partial charge in [0.25, 0.3) is 0 Å². The number of hydrogen-bond acceptors (Lipinski definition) is 2. The van der Waals surface area contributed by atoms with Crippen LogP contribution in [0.15, 0.2) is 0 Å². The second-order valence-corrected chi connectivity index (χ2v) is 4.47. The summed E-state index contributed by atoms with van der Waals surface area (Å²) in [5.74, 6) is 0.734. The molecule has 1 aliphatic rings. The Morgan fingerprint density at radius 1 is 1.42 bits per heavy atom. The molecule has 0 aromatic carbocycles. The molecule has 1 fully saturated rings. The summed E-state index contributed by atoms with van der Waals surface area (Å²) in [6.45, 7) is 10.3. The highest BCUT2D eigenvalue weighted by atomic mass is 16.6. The molecule has 1 saturated heterocycles. The lowest BCUT2D eigenvalue weighted by Crippen LogP contribution is -2.11. The van der Waals surface area contributed by atoms with Crippen LogP contribution >= 0.6 is 0 Å². The molecule has 0 spiro atoms. The van der Waals surface area contributed by atoms with Crippen molar-refractivity contribution in [3.63, 3.8) is 0 Å². The zero-order chi connectivity index (χ0) is 9.19. The van der Waals surface area contributed by atoms with E-state index in [9.17, 15) is 0 Å². The van der Waals surface area contributed by atoms with Gasteiger partial charge in [-0.2, -0.15) is 0 Å². The van der Waals surface area contributed by atoms with Crippen molar-refractivity contribution in [2.24, 2.45) is 5.92 Å². The van der Waals surface area contributed by atoms with Crippen LogP contribution < -0.4 is 0 Å². The molecule has 0 radical (unpaired) electrons. The van der Waals surface area contributed by atoms with Crippen molar-refractivity contribution >= 4 is 0 Å². The van der Waals surface area contributed by atoms with Crippen LogP contribution in [-0.4, -0.2) is 24.9 Å². The van der Waals surface area contributed by atoms with Crippen LogP contribution in [0.3, 0.4) is 0 Å². The minimum absolute atomic E-state index is 0.0812. The molecule has 1 unspecified atom stereocenters. The Hall–Kier alpha value is -0.0800. The minimum atomic E-state index is 0.0812. The van der Waals surface area contributed by atoms with Gasteiger partial charge in [-0.3, -0.25) is 0 Å². The van der Waals surface area contributed by atoms with Crippen LogP contribution in [0.5, 0.6) is 0 Å². The van der Waals surface area contributed by atoms with Crippen molar-refractivity contribution in [2.75, 3.05) is 13.2 Å². The Labute approximate surface area is 75.2 Å². The molecule has 0 N–H and O–H groups in total. The SMILES string of the molecule is CC(C)CCOCC1OC1(C)C. The highest BCUT2D eigenvalue weighted by Crippen LogP contribution is 2.35. The van der Waals surface area contributed by atoms with Crippen LogP contribution in [0.25, 0.3) is 0 Å². The van der Waals surface area contributed by atoms with Crippen molar-refractivity contribution in [2.45, 2.75) is 45.8 Å². The summed E-state index contributed by atoms with van der Waals surface area (Å²) in [5, 5.41) is 0. The third-order valence-electron chi connectivity index (χ3n) is 2.27. The Balaban J connectivity index is 1.91. The van der Waals surface area contributed by atoms with Gasteiger partial charge in [-0.1, -0.05) is 13.8 Å². The average Bonchev–Trinajstić information content (AvgIpc) is 2.51. The molecule has 2 nitrogen and oxygen atoms in total.